The fourth-order valence-electron chi connectivity index (χ4n) is 2.72. The number of hydrogen-bond acceptors (Lipinski definition) is 1. The Labute approximate surface area is 148 Å². The second-order valence-corrected chi connectivity index (χ2v) is 6.33. The molecule has 0 atom stereocenters. The molecule has 0 aliphatic rings. The van der Waals surface area contributed by atoms with Crippen LogP contribution in [-0.2, 0) is 13.1 Å². The van der Waals surface area contributed by atoms with Crippen LogP contribution in [0.2, 0.25) is 5.02 Å². The molecule has 0 radical (unpaired) electrons. The Morgan fingerprint density at radius 1 is 1.00 bits per heavy atom. The molecule has 3 rings (SSSR count). The summed E-state index contributed by atoms with van der Waals surface area (Å²) in [5, 5.41) is 5.63. The topological polar surface area (TPSA) is 17.0 Å². The van der Waals surface area contributed by atoms with E-state index in [1.165, 1.54) is 16.5 Å². The summed E-state index contributed by atoms with van der Waals surface area (Å²) < 4.78 is 2.29. The quantitative estimate of drug-likeness (QED) is 0.665. The molecular weight excluding hydrogens is 327 g/mol. The zero-order valence-electron chi connectivity index (χ0n) is 13.4. The molecule has 2 nitrogen and oxygen atoms in total. The minimum absolute atomic E-state index is 0. The van der Waals surface area contributed by atoms with Crippen molar-refractivity contribution in [3.63, 3.8) is 0 Å². The first-order valence-corrected chi connectivity index (χ1v) is 8.06. The van der Waals surface area contributed by atoms with Crippen LogP contribution in [0.4, 0.5) is 0 Å². The van der Waals surface area contributed by atoms with Gasteiger partial charge >= 0.3 is 0 Å². The van der Waals surface area contributed by atoms with E-state index in [4.69, 9.17) is 11.6 Å². The van der Waals surface area contributed by atoms with E-state index in [1.807, 2.05) is 18.2 Å². The van der Waals surface area contributed by atoms with E-state index in [2.05, 4.69) is 60.3 Å². The standard InChI is InChI=1S/C19H21ClN2.ClH/c1-14(2)21-11-16-13-22(19-10-6-4-8-17(16)19)12-15-7-3-5-9-18(15)20;/h3-10,13-14,21H,11-12H2,1-2H3;1H. The van der Waals surface area contributed by atoms with Crippen LogP contribution in [0.3, 0.4) is 0 Å². The number of aromatic nitrogens is 1. The summed E-state index contributed by atoms with van der Waals surface area (Å²) in [4.78, 5) is 0. The molecule has 1 N–H and O–H groups in total. The largest absolute Gasteiger partial charge is 0.343 e. The Balaban J connectivity index is 0.00000192. The third-order valence-electron chi connectivity index (χ3n) is 3.87. The average molecular weight is 349 g/mol. The first-order chi connectivity index (χ1) is 10.6. The van der Waals surface area contributed by atoms with Crippen molar-refractivity contribution >= 4 is 34.9 Å². The number of benzene rings is 2. The monoisotopic (exact) mass is 348 g/mol. The maximum atomic E-state index is 6.31. The minimum Gasteiger partial charge on any atom is -0.343 e. The Morgan fingerprint density at radius 3 is 2.43 bits per heavy atom. The zero-order valence-corrected chi connectivity index (χ0v) is 15.0. The van der Waals surface area contributed by atoms with Crippen LogP contribution in [0, 0.1) is 0 Å². The lowest BCUT2D eigenvalue weighted by molar-refractivity contribution is 0.589. The first kappa shape index (κ1) is 17.9. The molecule has 0 amide bonds. The van der Waals surface area contributed by atoms with Gasteiger partial charge in [0.15, 0.2) is 0 Å². The van der Waals surface area contributed by atoms with Crippen LogP contribution < -0.4 is 5.32 Å². The van der Waals surface area contributed by atoms with Gasteiger partial charge in [-0.3, -0.25) is 0 Å². The van der Waals surface area contributed by atoms with Gasteiger partial charge in [0, 0.05) is 41.3 Å². The van der Waals surface area contributed by atoms with Crippen molar-refractivity contribution in [2.45, 2.75) is 33.0 Å². The molecule has 0 bridgehead atoms. The maximum absolute atomic E-state index is 6.31. The van der Waals surface area contributed by atoms with E-state index < -0.39 is 0 Å². The molecule has 0 aliphatic carbocycles. The molecular formula is C19H22Cl2N2. The lowest BCUT2D eigenvalue weighted by Crippen LogP contribution is -2.21. The average Bonchev–Trinajstić information content (AvgIpc) is 2.86. The Hall–Kier alpha value is -1.48. The van der Waals surface area contributed by atoms with Crippen molar-refractivity contribution in [1.82, 2.24) is 9.88 Å². The molecule has 3 aromatic rings. The molecule has 0 aliphatic heterocycles. The molecule has 1 heterocycles. The van der Waals surface area contributed by atoms with Crippen LogP contribution in [0.15, 0.2) is 54.7 Å². The summed E-state index contributed by atoms with van der Waals surface area (Å²) in [5.74, 6) is 0. The van der Waals surface area contributed by atoms with Crippen LogP contribution in [0.25, 0.3) is 10.9 Å². The van der Waals surface area contributed by atoms with Gasteiger partial charge in [0.2, 0.25) is 0 Å². The SMILES string of the molecule is CC(C)NCc1cn(Cc2ccccc2Cl)c2ccccc12.Cl. The number of rotatable bonds is 5. The second kappa shape index (κ2) is 7.87. The third kappa shape index (κ3) is 4.08. The van der Waals surface area contributed by atoms with Gasteiger partial charge in [0.05, 0.1) is 0 Å². The van der Waals surface area contributed by atoms with Crippen molar-refractivity contribution in [3.8, 4) is 0 Å². The van der Waals surface area contributed by atoms with E-state index >= 15 is 0 Å². The fraction of sp³-hybridized carbons (Fsp3) is 0.263. The van der Waals surface area contributed by atoms with E-state index in [1.54, 1.807) is 0 Å². The molecule has 122 valence electrons. The molecule has 0 unspecified atom stereocenters. The normalized spacial score (nSPS) is 11.0. The molecule has 23 heavy (non-hydrogen) atoms. The zero-order chi connectivity index (χ0) is 15.5. The fourth-order valence-corrected chi connectivity index (χ4v) is 2.91. The van der Waals surface area contributed by atoms with Gasteiger partial charge in [-0.15, -0.1) is 12.4 Å². The van der Waals surface area contributed by atoms with Gasteiger partial charge in [0.25, 0.3) is 0 Å². The number of fused-ring (bicyclic) bond motifs is 1. The lowest BCUT2D eigenvalue weighted by Gasteiger charge is -2.07. The van der Waals surface area contributed by atoms with Gasteiger partial charge in [-0.2, -0.15) is 0 Å². The summed E-state index contributed by atoms with van der Waals surface area (Å²) in [7, 11) is 0. The lowest BCUT2D eigenvalue weighted by atomic mass is 10.1. The highest BCUT2D eigenvalue weighted by atomic mass is 35.5. The van der Waals surface area contributed by atoms with Gasteiger partial charge in [-0.05, 0) is 23.3 Å². The number of halogens is 2. The first-order valence-electron chi connectivity index (χ1n) is 7.68. The van der Waals surface area contributed by atoms with Crippen LogP contribution in [0.5, 0.6) is 0 Å². The van der Waals surface area contributed by atoms with E-state index in [9.17, 15) is 0 Å². The highest BCUT2D eigenvalue weighted by Gasteiger charge is 2.09. The summed E-state index contributed by atoms with van der Waals surface area (Å²) in [5.41, 5.74) is 3.73. The van der Waals surface area contributed by atoms with Gasteiger partial charge in [0.1, 0.15) is 0 Å². The van der Waals surface area contributed by atoms with Crippen LogP contribution in [0.1, 0.15) is 25.0 Å². The molecule has 2 aromatic carbocycles. The summed E-state index contributed by atoms with van der Waals surface area (Å²) >= 11 is 6.31. The number of nitrogens with zero attached hydrogens (tertiary/aromatic N) is 1. The summed E-state index contributed by atoms with van der Waals surface area (Å²) in [6.07, 6.45) is 2.24. The predicted octanol–water partition coefficient (Wildman–Crippen LogP) is 5.26. The molecule has 4 heteroatoms. The van der Waals surface area contributed by atoms with Crippen LogP contribution >= 0.6 is 24.0 Å². The van der Waals surface area contributed by atoms with E-state index in [-0.39, 0.29) is 12.4 Å². The summed E-state index contributed by atoms with van der Waals surface area (Å²) in [6.45, 7) is 6.02. The van der Waals surface area contributed by atoms with Gasteiger partial charge in [-0.25, -0.2) is 0 Å². The predicted molar refractivity (Wildman–Crippen MR) is 102 cm³/mol. The Kier molecular flexibility index (Phi) is 6.11. The highest BCUT2D eigenvalue weighted by Crippen LogP contribution is 2.24. The third-order valence-corrected chi connectivity index (χ3v) is 4.24. The van der Waals surface area contributed by atoms with Gasteiger partial charge in [-0.1, -0.05) is 61.8 Å². The number of hydrogen-bond donors (Lipinski definition) is 1. The molecule has 0 saturated heterocycles. The van der Waals surface area contributed by atoms with Crippen molar-refractivity contribution in [2.24, 2.45) is 0 Å². The molecule has 0 saturated carbocycles. The van der Waals surface area contributed by atoms with Crippen molar-refractivity contribution in [2.75, 3.05) is 0 Å². The number of para-hydroxylation sites is 1. The molecule has 0 spiro atoms. The second-order valence-electron chi connectivity index (χ2n) is 5.93. The molecule has 0 fully saturated rings. The van der Waals surface area contributed by atoms with Crippen molar-refractivity contribution < 1.29 is 0 Å². The van der Waals surface area contributed by atoms with E-state index in [0.717, 1.165) is 23.7 Å². The van der Waals surface area contributed by atoms with Crippen LogP contribution in [-0.4, -0.2) is 10.6 Å². The summed E-state index contributed by atoms with van der Waals surface area (Å²) in [6, 6.07) is 17.1. The molecule has 1 aromatic heterocycles. The minimum atomic E-state index is 0. The van der Waals surface area contributed by atoms with Crippen molar-refractivity contribution in [1.29, 1.82) is 0 Å². The van der Waals surface area contributed by atoms with E-state index in [0.29, 0.717) is 6.04 Å². The highest BCUT2D eigenvalue weighted by molar-refractivity contribution is 6.31. The Morgan fingerprint density at radius 2 is 1.70 bits per heavy atom. The van der Waals surface area contributed by atoms with Gasteiger partial charge < -0.3 is 9.88 Å². The van der Waals surface area contributed by atoms with Crippen molar-refractivity contribution in [3.05, 3.63) is 70.9 Å². The maximum Gasteiger partial charge on any atom is 0.0491 e. The Bertz CT molecular complexity index is 778. The smallest absolute Gasteiger partial charge is 0.0491 e. The number of nitrogens with one attached hydrogen (secondary N) is 1.